The molecule has 2 aromatic heterocycles. The summed E-state index contributed by atoms with van der Waals surface area (Å²) in [6.07, 6.45) is 2.52. The predicted molar refractivity (Wildman–Crippen MR) is 102 cm³/mol. The van der Waals surface area contributed by atoms with E-state index in [1.165, 1.54) is 23.5 Å². The van der Waals surface area contributed by atoms with Crippen LogP contribution in [0.5, 0.6) is 0 Å². The van der Waals surface area contributed by atoms with Crippen molar-refractivity contribution in [1.29, 1.82) is 0 Å². The quantitative estimate of drug-likeness (QED) is 0.696. The number of rotatable bonds is 3. The van der Waals surface area contributed by atoms with Crippen LogP contribution in [0.2, 0.25) is 0 Å². The van der Waals surface area contributed by atoms with Crippen LogP contribution in [0.15, 0.2) is 48.7 Å². The topological polar surface area (TPSA) is 62.2 Å². The Hall–Kier alpha value is -2.87. The first-order valence-electron chi connectivity index (χ1n) is 8.76. The Morgan fingerprint density at radius 2 is 1.85 bits per heavy atom. The Labute approximate surface area is 160 Å². The van der Waals surface area contributed by atoms with Crippen LogP contribution in [0.25, 0.3) is 10.7 Å². The number of halogens is 1. The minimum atomic E-state index is -0.479. The maximum absolute atomic E-state index is 13.9. The summed E-state index contributed by atoms with van der Waals surface area (Å²) < 4.78 is 13.9. The first-order chi connectivity index (χ1) is 13.2. The van der Waals surface area contributed by atoms with Gasteiger partial charge in [0.05, 0.1) is 5.56 Å². The number of carbonyl (C=O) groups is 1. The van der Waals surface area contributed by atoms with Gasteiger partial charge in [-0.15, -0.1) is 10.2 Å². The third kappa shape index (κ3) is 3.80. The molecule has 0 atom stereocenters. The molecule has 0 bridgehead atoms. The van der Waals surface area contributed by atoms with Crippen molar-refractivity contribution in [3.8, 4) is 10.7 Å². The van der Waals surface area contributed by atoms with Gasteiger partial charge >= 0.3 is 0 Å². The maximum Gasteiger partial charge on any atom is 0.256 e. The second-order valence-corrected chi connectivity index (χ2v) is 7.17. The van der Waals surface area contributed by atoms with Crippen LogP contribution in [0.3, 0.4) is 0 Å². The summed E-state index contributed by atoms with van der Waals surface area (Å²) >= 11 is 1.49. The van der Waals surface area contributed by atoms with Gasteiger partial charge in [-0.05, 0) is 30.7 Å². The Kier molecular flexibility index (Phi) is 5.06. The van der Waals surface area contributed by atoms with Gasteiger partial charge in [0.25, 0.3) is 5.91 Å². The van der Waals surface area contributed by atoms with Crippen LogP contribution in [-0.4, -0.2) is 52.2 Å². The highest BCUT2D eigenvalue weighted by Crippen LogP contribution is 2.28. The van der Waals surface area contributed by atoms with Crippen molar-refractivity contribution in [2.75, 3.05) is 31.1 Å². The van der Waals surface area contributed by atoms with E-state index in [1.807, 2.05) is 18.2 Å². The van der Waals surface area contributed by atoms with E-state index in [9.17, 15) is 9.18 Å². The molecule has 138 valence electrons. The van der Waals surface area contributed by atoms with Gasteiger partial charge in [-0.25, -0.2) is 4.39 Å². The molecule has 6 nitrogen and oxygen atoms in total. The molecule has 1 aromatic carbocycles. The van der Waals surface area contributed by atoms with Gasteiger partial charge in [-0.1, -0.05) is 29.5 Å². The van der Waals surface area contributed by atoms with E-state index in [-0.39, 0.29) is 11.5 Å². The van der Waals surface area contributed by atoms with Crippen LogP contribution in [0.1, 0.15) is 16.8 Å². The number of benzene rings is 1. The monoisotopic (exact) mass is 383 g/mol. The third-order valence-corrected chi connectivity index (χ3v) is 5.46. The molecule has 1 aliphatic rings. The molecule has 1 saturated heterocycles. The number of carbonyl (C=O) groups excluding carboxylic acids is 1. The number of amides is 1. The molecular formula is C19H18FN5OS. The number of hydrogen-bond acceptors (Lipinski definition) is 6. The first-order valence-corrected chi connectivity index (χ1v) is 9.58. The zero-order valence-electron chi connectivity index (χ0n) is 14.6. The number of aromatic nitrogens is 3. The summed E-state index contributed by atoms with van der Waals surface area (Å²) in [5.74, 6) is -0.742. The molecule has 0 unspecified atom stereocenters. The van der Waals surface area contributed by atoms with Crippen molar-refractivity contribution in [3.05, 3.63) is 60.0 Å². The third-order valence-electron chi connectivity index (χ3n) is 4.46. The molecular weight excluding hydrogens is 365 g/mol. The van der Waals surface area contributed by atoms with E-state index in [1.54, 1.807) is 23.2 Å². The van der Waals surface area contributed by atoms with Gasteiger partial charge in [-0.3, -0.25) is 9.78 Å². The second-order valence-electron chi connectivity index (χ2n) is 6.22. The van der Waals surface area contributed by atoms with Gasteiger partial charge in [0.15, 0.2) is 5.01 Å². The van der Waals surface area contributed by atoms with E-state index < -0.39 is 5.82 Å². The summed E-state index contributed by atoms with van der Waals surface area (Å²) in [6.45, 7) is 2.52. The predicted octanol–water partition coefficient (Wildman–Crippen LogP) is 3.09. The molecule has 0 radical (unpaired) electrons. The molecule has 0 N–H and O–H groups in total. The summed E-state index contributed by atoms with van der Waals surface area (Å²) in [4.78, 5) is 20.8. The van der Waals surface area contributed by atoms with E-state index in [2.05, 4.69) is 20.1 Å². The highest BCUT2D eigenvalue weighted by molar-refractivity contribution is 7.18. The Bertz CT molecular complexity index is 933. The van der Waals surface area contributed by atoms with Crippen molar-refractivity contribution in [3.63, 3.8) is 0 Å². The number of nitrogens with zero attached hydrogens (tertiary/aromatic N) is 5. The molecule has 27 heavy (non-hydrogen) atoms. The van der Waals surface area contributed by atoms with Gasteiger partial charge in [0, 0.05) is 32.4 Å². The smallest absolute Gasteiger partial charge is 0.256 e. The SMILES string of the molecule is O=C(c1ccccc1F)N1CCCN(c2nnc(-c3ccccn3)s2)CC1. The first kappa shape index (κ1) is 17.5. The fourth-order valence-electron chi connectivity index (χ4n) is 3.05. The Morgan fingerprint density at radius 1 is 1.00 bits per heavy atom. The zero-order chi connectivity index (χ0) is 18.6. The van der Waals surface area contributed by atoms with Gasteiger partial charge in [0.1, 0.15) is 11.5 Å². The van der Waals surface area contributed by atoms with Gasteiger partial charge in [-0.2, -0.15) is 0 Å². The molecule has 0 spiro atoms. The molecule has 8 heteroatoms. The molecule has 1 fully saturated rings. The van der Waals surface area contributed by atoms with Crippen LogP contribution in [0, 0.1) is 5.82 Å². The summed E-state index contributed by atoms with van der Waals surface area (Å²) in [7, 11) is 0. The fourth-order valence-corrected chi connectivity index (χ4v) is 3.93. The minimum Gasteiger partial charge on any atom is -0.345 e. The Balaban J connectivity index is 1.45. The highest BCUT2D eigenvalue weighted by atomic mass is 32.1. The lowest BCUT2D eigenvalue weighted by atomic mass is 10.2. The van der Waals surface area contributed by atoms with Crippen molar-refractivity contribution in [2.24, 2.45) is 0 Å². The lowest BCUT2D eigenvalue weighted by molar-refractivity contribution is 0.0762. The number of anilines is 1. The molecule has 0 aliphatic carbocycles. The normalized spacial score (nSPS) is 14.9. The van der Waals surface area contributed by atoms with Crippen molar-refractivity contribution in [2.45, 2.75) is 6.42 Å². The largest absolute Gasteiger partial charge is 0.345 e. The summed E-state index contributed by atoms with van der Waals surface area (Å²) in [5, 5.41) is 10.1. The maximum atomic E-state index is 13.9. The standard InChI is InChI=1S/C19H18FN5OS/c20-15-7-2-1-6-14(15)18(26)24-10-5-11-25(13-12-24)19-23-22-17(27-19)16-8-3-4-9-21-16/h1-4,6-9H,5,10-13H2. The van der Waals surface area contributed by atoms with E-state index in [4.69, 9.17) is 0 Å². The molecule has 0 saturated carbocycles. The van der Waals surface area contributed by atoms with E-state index in [0.717, 1.165) is 28.8 Å². The number of hydrogen-bond donors (Lipinski definition) is 0. The lowest BCUT2D eigenvalue weighted by Gasteiger charge is -2.21. The van der Waals surface area contributed by atoms with Crippen molar-refractivity contribution in [1.82, 2.24) is 20.1 Å². The molecule has 4 rings (SSSR count). The van der Waals surface area contributed by atoms with Crippen molar-refractivity contribution < 1.29 is 9.18 Å². The van der Waals surface area contributed by atoms with E-state index in [0.29, 0.717) is 19.6 Å². The fraction of sp³-hybridized carbons (Fsp3) is 0.263. The molecule has 3 heterocycles. The van der Waals surface area contributed by atoms with Crippen LogP contribution in [-0.2, 0) is 0 Å². The van der Waals surface area contributed by atoms with Crippen LogP contribution in [0.4, 0.5) is 9.52 Å². The van der Waals surface area contributed by atoms with E-state index >= 15 is 0 Å². The van der Waals surface area contributed by atoms with Gasteiger partial charge < -0.3 is 9.80 Å². The highest BCUT2D eigenvalue weighted by Gasteiger charge is 2.24. The lowest BCUT2D eigenvalue weighted by Crippen LogP contribution is -2.35. The van der Waals surface area contributed by atoms with Crippen LogP contribution >= 0.6 is 11.3 Å². The number of pyridine rings is 1. The summed E-state index contributed by atoms with van der Waals surface area (Å²) in [5.41, 5.74) is 0.923. The molecule has 1 amide bonds. The Morgan fingerprint density at radius 3 is 2.67 bits per heavy atom. The summed E-state index contributed by atoms with van der Waals surface area (Å²) in [6, 6.07) is 11.8. The van der Waals surface area contributed by atoms with Crippen LogP contribution < -0.4 is 4.90 Å². The minimum absolute atomic E-state index is 0.124. The molecule has 1 aliphatic heterocycles. The van der Waals surface area contributed by atoms with Gasteiger partial charge in [0.2, 0.25) is 5.13 Å². The molecule has 3 aromatic rings. The average Bonchev–Trinajstić information content (AvgIpc) is 3.07. The zero-order valence-corrected chi connectivity index (χ0v) is 15.4. The second kappa shape index (κ2) is 7.79. The average molecular weight is 383 g/mol. The van der Waals surface area contributed by atoms with Crippen molar-refractivity contribution >= 4 is 22.4 Å².